The average Bonchev–Trinajstić information content (AvgIpc) is 3.68. The summed E-state index contributed by atoms with van der Waals surface area (Å²) in [6.07, 6.45) is 6.57. The van der Waals surface area contributed by atoms with Crippen LogP contribution in [0.25, 0.3) is 0 Å². The summed E-state index contributed by atoms with van der Waals surface area (Å²) < 4.78 is 2.37. The molecular formula is C27H31N9O4. The minimum atomic E-state index is -0.335. The highest BCUT2D eigenvalue weighted by Gasteiger charge is 2.25. The zero-order valence-corrected chi connectivity index (χ0v) is 22.5. The number of aryl methyl sites for hydroxylation is 1. The van der Waals surface area contributed by atoms with E-state index in [4.69, 9.17) is 5.26 Å². The highest BCUT2D eigenvalue weighted by molar-refractivity contribution is 5.94. The van der Waals surface area contributed by atoms with Gasteiger partial charge in [-0.1, -0.05) is 18.2 Å². The highest BCUT2D eigenvalue weighted by atomic mass is 16.2. The molecule has 0 spiro atoms. The Morgan fingerprint density at radius 1 is 0.875 bits per heavy atom. The van der Waals surface area contributed by atoms with Gasteiger partial charge >= 0.3 is 12.1 Å². The van der Waals surface area contributed by atoms with Crippen LogP contribution in [0.3, 0.4) is 0 Å². The fraction of sp³-hybridized carbons (Fsp3) is 0.370. The van der Waals surface area contributed by atoms with Gasteiger partial charge in [0.05, 0.1) is 24.2 Å². The number of hydrogen-bond acceptors (Lipinski definition) is 7. The molecule has 0 aliphatic carbocycles. The number of benzene rings is 1. The molecule has 1 saturated heterocycles. The SMILES string of the molecule is CN(CCN(C)C(=O)n1cc(CCC(=O)N2CCN(C(=O)n3cc(C#N)cn3)CC2)cn1)C(=O)c1ccccc1. The summed E-state index contributed by atoms with van der Waals surface area (Å²) in [5.41, 5.74) is 1.65. The molecule has 208 valence electrons. The molecule has 0 bridgehead atoms. The van der Waals surface area contributed by atoms with Crippen molar-refractivity contribution in [3.63, 3.8) is 0 Å². The first kappa shape index (κ1) is 28.0. The Morgan fingerprint density at radius 2 is 1.52 bits per heavy atom. The van der Waals surface area contributed by atoms with E-state index in [2.05, 4.69) is 10.2 Å². The van der Waals surface area contributed by atoms with Gasteiger partial charge in [0.2, 0.25) is 5.91 Å². The van der Waals surface area contributed by atoms with Crippen LogP contribution in [0.5, 0.6) is 0 Å². The maximum Gasteiger partial charge on any atom is 0.344 e. The van der Waals surface area contributed by atoms with Crippen molar-refractivity contribution in [2.45, 2.75) is 12.8 Å². The molecular weight excluding hydrogens is 514 g/mol. The maximum absolute atomic E-state index is 12.8. The van der Waals surface area contributed by atoms with Crippen molar-refractivity contribution in [2.75, 3.05) is 53.4 Å². The average molecular weight is 546 g/mol. The Morgan fingerprint density at radius 3 is 2.20 bits per heavy atom. The third kappa shape index (κ3) is 6.71. The summed E-state index contributed by atoms with van der Waals surface area (Å²) in [4.78, 5) is 57.0. The molecule has 0 radical (unpaired) electrons. The van der Waals surface area contributed by atoms with E-state index >= 15 is 0 Å². The lowest BCUT2D eigenvalue weighted by Gasteiger charge is -2.34. The van der Waals surface area contributed by atoms with Gasteiger partial charge in [-0.3, -0.25) is 9.59 Å². The van der Waals surface area contributed by atoms with Crippen molar-refractivity contribution in [1.82, 2.24) is 39.2 Å². The number of nitriles is 1. The maximum atomic E-state index is 12.8. The number of carbonyl (C=O) groups is 4. The van der Waals surface area contributed by atoms with E-state index in [1.54, 1.807) is 65.5 Å². The first-order chi connectivity index (χ1) is 19.3. The van der Waals surface area contributed by atoms with Gasteiger partial charge in [-0.15, -0.1) is 0 Å². The molecule has 3 heterocycles. The molecule has 1 aliphatic rings. The van der Waals surface area contributed by atoms with E-state index in [-0.39, 0.29) is 30.3 Å². The van der Waals surface area contributed by atoms with Gasteiger partial charge in [0.1, 0.15) is 6.07 Å². The van der Waals surface area contributed by atoms with E-state index in [9.17, 15) is 19.2 Å². The Hall–Kier alpha value is -4.99. The van der Waals surface area contributed by atoms with Crippen molar-refractivity contribution >= 4 is 23.9 Å². The van der Waals surface area contributed by atoms with Gasteiger partial charge < -0.3 is 19.6 Å². The zero-order chi connectivity index (χ0) is 28.6. The fourth-order valence-electron chi connectivity index (χ4n) is 4.25. The third-order valence-electron chi connectivity index (χ3n) is 6.73. The topological polar surface area (TPSA) is 141 Å². The van der Waals surface area contributed by atoms with Crippen LogP contribution in [-0.4, -0.2) is 116 Å². The van der Waals surface area contributed by atoms with Crippen molar-refractivity contribution in [3.8, 4) is 6.07 Å². The lowest BCUT2D eigenvalue weighted by molar-refractivity contribution is -0.132. The summed E-state index contributed by atoms with van der Waals surface area (Å²) in [5, 5.41) is 17.0. The second-order valence-corrected chi connectivity index (χ2v) is 9.53. The summed E-state index contributed by atoms with van der Waals surface area (Å²) in [6.45, 7) is 2.24. The molecule has 3 aromatic rings. The van der Waals surface area contributed by atoms with Crippen LogP contribution in [-0.2, 0) is 11.2 Å². The molecule has 0 saturated carbocycles. The molecule has 1 aromatic carbocycles. The Labute approximate surface area is 231 Å². The van der Waals surface area contributed by atoms with Crippen molar-refractivity contribution in [1.29, 1.82) is 5.26 Å². The number of rotatable bonds is 7. The van der Waals surface area contributed by atoms with Crippen molar-refractivity contribution < 1.29 is 19.2 Å². The van der Waals surface area contributed by atoms with Gasteiger partial charge in [0.25, 0.3) is 5.91 Å². The monoisotopic (exact) mass is 545 g/mol. The van der Waals surface area contributed by atoms with E-state index in [1.165, 1.54) is 22.0 Å². The normalized spacial score (nSPS) is 13.0. The lowest BCUT2D eigenvalue weighted by atomic mass is 10.2. The summed E-state index contributed by atoms with van der Waals surface area (Å²) >= 11 is 0. The second-order valence-electron chi connectivity index (χ2n) is 9.53. The number of piperazine rings is 1. The molecule has 0 N–H and O–H groups in total. The largest absolute Gasteiger partial charge is 0.344 e. The fourth-order valence-corrected chi connectivity index (χ4v) is 4.25. The molecule has 2 aromatic heterocycles. The van der Waals surface area contributed by atoms with E-state index in [0.29, 0.717) is 56.8 Å². The molecule has 4 rings (SSSR count). The standard InChI is InChI=1S/C27H31N9O4/c1-31(25(38)23-6-4-3-5-7-23)10-11-32(2)26(39)35-19-21(17-29-35)8-9-24(37)33-12-14-34(15-13-33)27(40)36-20-22(16-28)18-30-36/h3-7,17-20H,8-15H2,1-2H3. The van der Waals surface area contributed by atoms with Crippen LogP contribution in [0.2, 0.25) is 0 Å². The number of carbonyl (C=O) groups excluding carboxylic acids is 4. The zero-order valence-electron chi connectivity index (χ0n) is 22.5. The Bertz CT molecular complexity index is 1400. The molecule has 1 fully saturated rings. The van der Waals surface area contributed by atoms with Crippen molar-refractivity contribution in [2.24, 2.45) is 0 Å². The van der Waals surface area contributed by atoms with Gasteiger partial charge in [-0.05, 0) is 24.1 Å². The molecule has 4 amide bonds. The third-order valence-corrected chi connectivity index (χ3v) is 6.73. The number of amides is 4. The highest BCUT2D eigenvalue weighted by Crippen LogP contribution is 2.10. The molecule has 0 atom stereocenters. The second kappa shape index (κ2) is 12.7. The minimum Gasteiger partial charge on any atom is -0.340 e. The van der Waals surface area contributed by atoms with Gasteiger partial charge in [0, 0.05) is 71.5 Å². The van der Waals surface area contributed by atoms with Gasteiger partial charge in [-0.25, -0.2) is 9.59 Å². The molecule has 13 heteroatoms. The van der Waals surface area contributed by atoms with E-state index < -0.39 is 0 Å². The lowest BCUT2D eigenvalue weighted by Crippen LogP contribution is -2.51. The molecule has 13 nitrogen and oxygen atoms in total. The van der Waals surface area contributed by atoms with Crippen LogP contribution in [0, 0.1) is 11.3 Å². The van der Waals surface area contributed by atoms with Crippen LogP contribution in [0.1, 0.15) is 27.9 Å². The quantitative estimate of drug-likeness (QED) is 0.437. The van der Waals surface area contributed by atoms with Crippen LogP contribution < -0.4 is 0 Å². The summed E-state index contributed by atoms with van der Waals surface area (Å²) in [5.74, 6) is -0.159. The summed E-state index contributed by atoms with van der Waals surface area (Å²) in [7, 11) is 3.34. The number of aromatic nitrogens is 4. The Kier molecular flexibility index (Phi) is 8.90. The first-order valence-corrected chi connectivity index (χ1v) is 12.9. The number of nitrogens with zero attached hydrogens (tertiary/aromatic N) is 9. The number of likely N-dealkylation sites (N-methyl/N-ethyl adjacent to an activating group) is 2. The molecule has 40 heavy (non-hydrogen) atoms. The predicted molar refractivity (Wildman–Crippen MR) is 143 cm³/mol. The van der Waals surface area contributed by atoms with E-state index in [0.717, 1.165) is 10.2 Å². The Balaban J connectivity index is 1.20. The number of hydrogen-bond donors (Lipinski definition) is 0. The molecule has 0 unspecified atom stereocenters. The van der Waals surface area contributed by atoms with Crippen LogP contribution in [0.15, 0.2) is 55.1 Å². The molecule has 1 aliphatic heterocycles. The van der Waals surface area contributed by atoms with Gasteiger partial charge in [-0.2, -0.15) is 24.8 Å². The van der Waals surface area contributed by atoms with Crippen LogP contribution in [0.4, 0.5) is 9.59 Å². The minimum absolute atomic E-state index is 0.0414. The first-order valence-electron chi connectivity index (χ1n) is 12.9. The van der Waals surface area contributed by atoms with Crippen LogP contribution >= 0.6 is 0 Å². The summed E-state index contributed by atoms with van der Waals surface area (Å²) in [6, 6.07) is 10.2. The van der Waals surface area contributed by atoms with Gasteiger partial charge in [0.15, 0.2) is 0 Å². The van der Waals surface area contributed by atoms with Crippen molar-refractivity contribution in [3.05, 3.63) is 71.8 Å². The van der Waals surface area contributed by atoms with E-state index in [1.807, 2.05) is 12.1 Å². The predicted octanol–water partition coefficient (Wildman–Crippen LogP) is 1.37. The smallest absolute Gasteiger partial charge is 0.340 e.